The van der Waals surface area contributed by atoms with Crippen molar-refractivity contribution < 1.29 is 48.8 Å². The molecule has 11 heteroatoms. The molecule has 0 rings (SSSR count). The Hall–Kier alpha value is 1.68. The third-order valence-electron chi connectivity index (χ3n) is 0. The first-order valence-electron chi connectivity index (χ1n) is 1.57. The molecule has 0 aromatic heterocycles. The van der Waals surface area contributed by atoms with E-state index < -0.39 is 13.4 Å². The van der Waals surface area contributed by atoms with E-state index in [0.717, 1.165) is 0 Å². The van der Waals surface area contributed by atoms with Gasteiger partial charge in [-0.15, -0.1) is 0 Å². The Morgan fingerprint density at radius 3 is 0.667 bits per heavy atom. The summed E-state index contributed by atoms with van der Waals surface area (Å²) in [6.45, 7) is -7.61. The normalized spacial score (nSPS) is 9.83. The Balaban J connectivity index is -0.0000000457. The summed E-state index contributed by atoms with van der Waals surface area (Å²) >= 11 is 7.21. The van der Waals surface area contributed by atoms with E-state index >= 15 is 0 Å². The third kappa shape index (κ3) is 471. The van der Waals surface area contributed by atoms with Crippen LogP contribution in [0.3, 0.4) is 0 Å². The van der Waals surface area contributed by atoms with Crippen LogP contribution in [-0.4, -0.2) is 29.4 Å². The SMILES string of the molecule is C.OP(O)(O)=S.OP(O)(O)=S.[Zn]. The summed E-state index contributed by atoms with van der Waals surface area (Å²) < 4.78 is 0. The van der Waals surface area contributed by atoms with Crippen LogP contribution in [-0.2, 0) is 43.1 Å². The van der Waals surface area contributed by atoms with Gasteiger partial charge in [-0.2, -0.15) is 0 Å². The van der Waals surface area contributed by atoms with E-state index in [9.17, 15) is 0 Å². The van der Waals surface area contributed by atoms with E-state index in [0.29, 0.717) is 0 Å². The summed E-state index contributed by atoms with van der Waals surface area (Å²) in [7, 11) is 0. The van der Waals surface area contributed by atoms with Crippen molar-refractivity contribution in [2.24, 2.45) is 0 Å². The predicted octanol–water partition coefficient (Wildman–Crippen LogP) is -0.991. The third-order valence-corrected chi connectivity index (χ3v) is 0. The van der Waals surface area contributed by atoms with E-state index in [1.807, 2.05) is 0 Å². The van der Waals surface area contributed by atoms with Crippen LogP contribution >= 0.6 is 13.4 Å². The maximum absolute atomic E-state index is 7.56. The van der Waals surface area contributed by atoms with Gasteiger partial charge in [-0.1, -0.05) is 7.43 Å². The van der Waals surface area contributed by atoms with Gasteiger partial charge in [0.25, 0.3) is 0 Å². The molecule has 0 saturated carbocycles. The van der Waals surface area contributed by atoms with Crippen molar-refractivity contribution in [2.45, 2.75) is 7.43 Å². The molecule has 0 aliphatic carbocycles. The zero-order chi connectivity index (χ0) is 9.00. The van der Waals surface area contributed by atoms with Gasteiger partial charge in [-0.3, -0.25) is 0 Å². The molecule has 12 heavy (non-hydrogen) atoms. The van der Waals surface area contributed by atoms with Crippen LogP contribution in [0, 0.1) is 0 Å². The molecule has 0 aromatic carbocycles. The molecule has 0 heterocycles. The summed E-state index contributed by atoms with van der Waals surface area (Å²) in [4.78, 5) is 45.3. The molecule has 0 aliphatic heterocycles. The first kappa shape index (κ1) is 23.5. The quantitative estimate of drug-likeness (QED) is 0.249. The molecule has 74 valence electrons. The van der Waals surface area contributed by atoms with Gasteiger partial charge in [0.1, 0.15) is 0 Å². The van der Waals surface area contributed by atoms with Crippen LogP contribution in [0.25, 0.3) is 0 Å². The maximum Gasteiger partial charge on any atom is 0.319 e. The Morgan fingerprint density at radius 2 is 0.667 bits per heavy atom. The summed E-state index contributed by atoms with van der Waals surface area (Å²) in [5.74, 6) is 0. The average Bonchev–Trinajstić information content (AvgIpc) is 1.12. The van der Waals surface area contributed by atoms with Gasteiger partial charge in [-0.25, -0.2) is 0 Å². The van der Waals surface area contributed by atoms with E-state index in [1.165, 1.54) is 0 Å². The van der Waals surface area contributed by atoms with E-state index in [1.54, 1.807) is 0 Å². The second-order valence-corrected chi connectivity index (χ2v) is 6.02. The van der Waals surface area contributed by atoms with Crippen molar-refractivity contribution in [3.05, 3.63) is 0 Å². The second kappa shape index (κ2) is 9.25. The van der Waals surface area contributed by atoms with Gasteiger partial charge in [0.05, 0.1) is 0 Å². The molecule has 0 atom stereocenters. The predicted molar refractivity (Wildman–Crippen MR) is 48.6 cm³/mol. The van der Waals surface area contributed by atoms with Crippen LogP contribution in [0.5, 0.6) is 0 Å². The molecular formula is CH10O6P2S2Zn. The summed E-state index contributed by atoms with van der Waals surface area (Å²) in [5, 5.41) is 0. The number of hydrogen-bond donors (Lipinski definition) is 6. The van der Waals surface area contributed by atoms with Crippen molar-refractivity contribution >= 4 is 37.1 Å². The van der Waals surface area contributed by atoms with E-state index in [2.05, 4.69) is 23.6 Å². The molecule has 6 N–H and O–H groups in total. The first-order valence-corrected chi connectivity index (χ1v) is 6.89. The number of hydrogen-bond acceptors (Lipinski definition) is 2. The molecule has 0 spiro atoms. The Kier molecular flexibility index (Phi) is 18.1. The zero-order valence-corrected chi connectivity index (χ0v) is 11.5. The van der Waals surface area contributed by atoms with Gasteiger partial charge < -0.3 is 29.4 Å². The zero-order valence-electron chi connectivity index (χ0n) is 5.10. The average molecular weight is 310 g/mol. The van der Waals surface area contributed by atoms with Gasteiger partial charge in [0.2, 0.25) is 0 Å². The maximum atomic E-state index is 7.56. The summed E-state index contributed by atoms with van der Waals surface area (Å²) in [5.41, 5.74) is 0. The second-order valence-electron chi connectivity index (χ2n) is 1.03. The monoisotopic (exact) mass is 308 g/mol. The van der Waals surface area contributed by atoms with E-state index in [-0.39, 0.29) is 26.9 Å². The summed E-state index contributed by atoms with van der Waals surface area (Å²) in [6, 6.07) is 0. The minimum Gasteiger partial charge on any atom is -0.325 e. The van der Waals surface area contributed by atoms with Crippen molar-refractivity contribution in [3.8, 4) is 0 Å². The van der Waals surface area contributed by atoms with Gasteiger partial charge >= 0.3 is 13.4 Å². The minimum absolute atomic E-state index is 0. The van der Waals surface area contributed by atoms with Crippen LogP contribution < -0.4 is 0 Å². The summed E-state index contributed by atoms with van der Waals surface area (Å²) in [6.07, 6.45) is 0. The van der Waals surface area contributed by atoms with Crippen LogP contribution in [0.15, 0.2) is 0 Å². The smallest absolute Gasteiger partial charge is 0.319 e. The van der Waals surface area contributed by atoms with Crippen LogP contribution in [0.2, 0.25) is 0 Å². The van der Waals surface area contributed by atoms with Crippen LogP contribution in [0.4, 0.5) is 0 Å². The molecule has 0 aromatic rings. The molecule has 0 unspecified atom stereocenters. The van der Waals surface area contributed by atoms with Crippen molar-refractivity contribution in [1.29, 1.82) is 0 Å². The fourth-order valence-corrected chi connectivity index (χ4v) is 0. The topological polar surface area (TPSA) is 121 Å². The number of rotatable bonds is 0. The fourth-order valence-electron chi connectivity index (χ4n) is 0. The van der Waals surface area contributed by atoms with Gasteiger partial charge in [-0.05, 0) is 23.6 Å². The molecule has 6 nitrogen and oxygen atoms in total. The molecule has 0 amide bonds. The van der Waals surface area contributed by atoms with Crippen molar-refractivity contribution in [2.75, 3.05) is 0 Å². The van der Waals surface area contributed by atoms with Crippen molar-refractivity contribution in [1.82, 2.24) is 0 Å². The molecule has 0 fully saturated rings. The molecule has 0 saturated heterocycles. The standard InChI is InChI=1S/CH4.2H3O3PS.Zn/c;2*1-4(2,3)5;/h1H4;2*(H3,1,2,3,5);. The molecule has 0 bridgehead atoms. The Labute approximate surface area is 93.2 Å². The molecule has 0 radical (unpaired) electrons. The Morgan fingerprint density at radius 1 is 0.667 bits per heavy atom. The van der Waals surface area contributed by atoms with Crippen molar-refractivity contribution in [3.63, 3.8) is 0 Å². The first-order chi connectivity index (χ1) is 4.00. The van der Waals surface area contributed by atoms with Gasteiger partial charge in [0.15, 0.2) is 0 Å². The van der Waals surface area contributed by atoms with E-state index in [4.69, 9.17) is 29.4 Å². The largest absolute Gasteiger partial charge is 0.325 e. The van der Waals surface area contributed by atoms with Crippen LogP contribution in [0.1, 0.15) is 7.43 Å². The molecular weight excluding hydrogens is 299 g/mol. The minimum atomic E-state index is -3.81. The fraction of sp³-hybridized carbons (Fsp3) is 1.00. The van der Waals surface area contributed by atoms with Gasteiger partial charge in [0, 0.05) is 19.5 Å². The Bertz CT molecular complexity index is 136. The molecule has 0 aliphatic rings.